The summed E-state index contributed by atoms with van der Waals surface area (Å²) in [5, 5.41) is 2.99. The first-order valence-electron chi connectivity index (χ1n) is 8.09. The monoisotopic (exact) mass is 295 g/mol. The normalized spacial score (nSPS) is 30.1. The third-order valence-corrected chi connectivity index (χ3v) is 4.53. The number of likely N-dealkylation sites (tertiary alicyclic amines) is 1. The number of urea groups is 1. The number of nitrogens with one attached hydrogen (secondary N) is 1. The van der Waals surface area contributed by atoms with Crippen molar-refractivity contribution >= 4 is 11.9 Å². The minimum absolute atomic E-state index is 0.000738. The minimum Gasteiger partial charge on any atom is -0.377 e. The quantitative estimate of drug-likeness (QED) is 0.820. The van der Waals surface area contributed by atoms with Gasteiger partial charge in [0, 0.05) is 25.7 Å². The van der Waals surface area contributed by atoms with E-state index in [1.807, 2.05) is 4.90 Å². The van der Waals surface area contributed by atoms with Gasteiger partial charge in [-0.3, -0.25) is 4.79 Å². The van der Waals surface area contributed by atoms with E-state index >= 15 is 0 Å². The summed E-state index contributed by atoms with van der Waals surface area (Å²) in [5.41, 5.74) is 0. The van der Waals surface area contributed by atoms with Gasteiger partial charge in [-0.1, -0.05) is 6.92 Å². The molecule has 0 aromatic rings. The first kappa shape index (κ1) is 14.6. The Labute approximate surface area is 125 Å². The zero-order valence-corrected chi connectivity index (χ0v) is 12.7. The van der Waals surface area contributed by atoms with Crippen molar-refractivity contribution in [2.24, 2.45) is 5.92 Å². The Balaban J connectivity index is 1.64. The second-order valence-corrected chi connectivity index (χ2v) is 6.54. The second kappa shape index (κ2) is 6.22. The van der Waals surface area contributed by atoms with Crippen molar-refractivity contribution in [2.75, 3.05) is 32.8 Å². The Kier molecular flexibility index (Phi) is 4.33. The highest BCUT2D eigenvalue weighted by atomic mass is 16.5. The lowest BCUT2D eigenvalue weighted by atomic mass is 10.0. The molecule has 0 bridgehead atoms. The summed E-state index contributed by atoms with van der Waals surface area (Å²) in [5.74, 6) is 0.484. The molecule has 3 aliphatic rings. The predicted molar refractivity (Wildman–Crippen MR) is 77.8 cm³/mol. The van der Waals surface area contributed by atoms with Gasteiger partial charge in [-0.25, -0.2) is 4.79 Å². The fraction of sp³-hybridized carbons (Fsp3) is 0.867. The molecule has 2 aliphatic heterocycles. The van der Waals surface area contributed by atoms with E-state index in [9.17, 15) is 9.59 Å². The van der Waals surface area contributed by atoms with Crippen molar-refractivity contribution in [1.82, 2.24) is 15.1 Å². The van der Waals surface area contributed by atoms with Crippen LogP contribution in [0.4, 0.5) is 4.79 Å². The lowest BCUT2D eigenvalue weighted by Gasteiger charge is -2.40. The minimum atomic E-state index is -0.468. The third kappa shape index (κ3) is 3.48. The first-order valence-corrected chi connectivity index (χ1v) is 8.09. The van der Waals surface area contributed by atoms with Gasteiger partial charge >= 0.3 is 6.03 Å². The molecule has 0 aromatic carbocycles. The summed E-state index contributed by atoms with van der Waals surface area (Å²) in [7, 11) is 0. The number of morpholine rings is 1. The van der Waals surface area contributed by atoms with Crippen molar-refractivity contribution in [1.29, 1.82) is 0 Å². The number of carbonyl (C=O) groups excluding carboxylic acids is 2. The average molecular weight is 295 g/mol. The summed E-state index contributed by atoms with van der Waals surface area (Å²) in [6, 6.07) is -0.156. The largest absolute Gasteiger partial charge is 0.377 e. The summed E-state index contributed by atoms with van der Waals surface area (Å²) in [6.45, 7) is 5.11. The van der Waals surface area contributed by atoms with Crippen LogP contribution >= 0.6 is 0 Å². The molecule has 118 valence electrons. The molecule has 21 heavy (non-hydrogen) atoms. The molecule has 1 aliphatic carbocycles. The van der Waals surface area contributed by atoms with Crippen LogP contribution in [0.15, 0.2) is 0 Å². The molecular weight excluding hydrogens is 270 g/mol. The van der Waals surface area contributed by atoms with E-state index in [1.165, 1.54) is 6.42 Å². The molecular formula is C15H25N3O3. The Morgan fingerprint density at radius 1 is 1.19 bits per heavy atom. The number of rotatable bonds is 2. The lowest BCUT2D eigenvalue weighted by Crippen LogP contribution is -2.60. The Morgan fingerprint density at radius 2 is 2.00 bits per heavy atom. The van der Waals surface area contributed by atoms with Crippen LogP contribution in [0.25, 0.3) is 0 Å². The van der Waals surface area contributed by atoms with Crippen molar-refractivity contribution in [3.8, 4) is 0 Å². The van der Waals surface area contributed by atoms with Gasteiger partial charge in [0.05, 0.1) is 13.2 Å². The molecule has 3 amide bonds. The maximum atomic E-state index is 12.7. The highest BCUT2D eigenvalue weighted by molar-refractivity contribution is 5.87. The van der Waals surface area contributed by atoms with E-state index in [2.05, 4.69) is 12.2 Å². The topological polar surface area (TPSA) is 61.9 Å². The van der Waals surface area contributed by atoms with Crippen LogP contribution in [-0.4, -0.2) is 66.7 Å². The second-order valence-electron chi connectivity index (χ2n) is 6.54. The lowest BCUT2D eigenvalue weighted by molar-refractivity contribution is -0.131. The molecule has 2 saturated heterocycles. The smallest absolute Gasteiger partial charge is 0.320 e. The van der Waals surface area contributed by atoms with E-state index in [-0.39, 0.29) is 11.9 Å². The van der Waals surface area contributed by atoms with E-state index < -0.39 is 6.04 Å². The molecule has 3 fully saturated rings. The van der Waals surface area contributed by atoms with Crippen LogP contribution in [0, 0.1) is 5.92 Å². The molecule has 1 saturated carbocycles. The van der Waals surface area contributed by atoms with Crippen LogP contribution in [0.3, 0.4) is 0 Å². The molecule has 6 nitrogen and oxygen atoms in total. The molecule has 0 spiro atoms. The number of hydrogen-bond acceptors (Lipinski definition) is 3. The highest BCUT2D eigenvalue weighted by Gasteiger charge is 2.37. The Bertz CT molecular complexity index is 411. The van der Waals surface area contributed by atoms with Gasteiger partial charge in [0.2, 0.25) is 5.91 Å². The SMILES string of the molecule is CC1CCCN(C(=O)N2CCOCC2C(=O)NC2CC2)C1. The van der Waals surface area contributed by atoms with Gasteiger partial charge in [-0.05, 0) is 31.6 Å². The van der Waals surface area contributed by atoms with Crippen LogP contribution in [0.2, 0.25) is 0 Å². The van der Waals surface area contributed by atoms with E-state index in [4.69, 9.17) is 4.74 Å². The molecule has 0 radical (unpaired) electrons. The summed E-state index contributed by atoms with van der Waals surface area (Å²) < 4.78 is 5.42. The summed E-state index contributed by atoms with van der Waals surface area (Å²) in [4.78, 5) is 28.6. The van der Waals surface area contributed by atoms with Crippen molar-refractivity contribution < 1.29 is 14.3 Å². The first-order chi connectivity index (χ1) is 10.1. The third-order valence-electron chi connectivity index (χ3n) is 4.53. The molecule has 3 rings (SSSR count). The maximum absolute atomic E-state index is 12.7. The van der Waals surface area contributed by atoms with Gasteiger partial charge in [-0.2, -0.15) is 0 Å². The van der Waals surface area contributed by atoms with Crippen LogP contribution in [0.1, 0.15) is 32.6 Å². The van der Waals surface area contributed by atoms with Gasteiger partial charge in [0.25, 0.3) is 0 Å². The molecule has 2 unspecified atom stereocenters. The number of hydrogen-bond donors (Lipinski definition) is 1. The fourth-order valence-electron chi connectivity index (χ4n) is 3.12. The van der Waals surface area contributed by atoms with Gasteiger partial charge in [0.15, 0.2) is 0 Å². The highest BCUT2D eigenvalue weighted by Crippen LogP contribution is 2.21. The van der Waals surface area contributed by atoms with Crippen molar-refractivity contribution in [3.05, 3.63) is 0 Å². The molecule has 6 heteroatoms. The number of piperidine rings is 1. The molecule has 0 aromatic heterocycles. The van der Waals surface area contributed by atoms with Crippen molar-refractivity contribution in [2.45, 2.75) is 44.7 Å². The van der Waals surface area contributed by atoms with Crippen LogP contribution in [0.5, 0.6) is 0 Å². The average Bonchev–Trinajstić information content (AvgIpc) is 3.30. The molecule has 2 heterocycles. The Morgan fingerprint density at radius 3 is 2.71 bits per heavy atom. The van der Waals surface area contributed by atoms with Crippen LogP contribution < -0.4 is 5.32 Å². The van der Waals surface area contributed by atoms with Gasteiger partial charge in [-0.15, -0.1) is 0 Å². The molecule has 2 atom stereocenters. The van der Waals surface area contributed by atoms with E-state index in [0.29, 0.717) is 31.7 Å². The number of carbonyl (C=O) groups is 2. The zero-order chi connectivity index (χ0) is 14.8. The van der Waals surface area contributed by atoms with E-state index in [1.54, 1.807) is 4.90 Å². The van der Waals surface area contributed by atoms with E-state index in [0.717, 1.165) is 32.4 Å². The van der Waals surface area contributed by atoms with Crippen molar-refractivity contribution in [3.63, 3.8) is 0 Å². The number of amides is 3. The van der Waals surface area contributed by atoms with Gasteiger partial charge in [0.1, 0.15) is 6.04 Å². The zero-order valence-electron chi connectivity index (χ0n) is 12.7. The fourth-order valence-corrected chi connectivity index (χ4v) is 3.12. The maximum Gasteiger partial charge on any atom is 0.320 e. The predicted octanol–water partition coefficient (Wildman–Crippen LogP) is 0.818. The van der Waals surface area contributed by atoms with Crippen LogP contribution in [-0.2, 0) is 9.53 Å². The summed E-state index contributed by atoms with van der Waals surface area (Å²) in [6.07, 6.45) is 4.34. The standard InChI is InChI=1S/C15H25N3O3/c1-11-3-2-6-17(9-11)15(20)18-7-8-21-10-13(18)14(19)16-12-4-5-12/h11-13H,2-10H2,1H3,(H,16,19). The molecule has 1 N–H and O–H groups in total. The summed E-state index contributed by atoms with van der Waals surface area (Å²) >= 11 is 0. The number of ether oxygens (including phenoxy) is 1. The Hall–Kier alpha value is -1.30. The van der Waals surface area contributed by atoms with Gasteiger partial charge < -0.3 is 19.9 Å². The number of nitrogens with zero attached hydrogens (tertiary/aromatic N) is 2.